The fraction of sp³-hybridized carbons (Fsp3) is 0.372. The number of ether oxygens (including phenoxy) is 1. The van der Waals surface area contributed by atoms with Crippen molar-refractivity contribution in [2.45, 2.75) is 62.1 Å². The number of anilines is 2. The molecule has 3 atom stereocenters. The van der Waals surface area contributed by atoms with Gasteiger partial charge in [-0.15, -0.1) is 0 Å². The number of hydrogen-bond acceptors (Lipinski definition) is 13. The van der Waals surface area contributed by atoms with Gasteiger partial charge in [-0.2, -0.15) is 5.10 Å². The summed E-state index contributed by atoms with van der Waals surface area (Å²) >= 11 is 0. The number of likely N-dealkylation sites (tertiary alicyclic amines) is 2. The second-order valence-corrected chi connectivity index (χ2v) is 16.3. The Morgan fingerprint density at radius 3 is 2.28 bits per heavy atom. The van der Waals surface area contributed by atoms with E-state index in [1.54, 1.807) is 12.1 Å². The monoisotopic (exact) mass is 814 g/mol. The van der Waals surface area contributed by atoms with Crippen LogP contribution in [0.25, 0.3) is 22.3 Å². The van der Waals surface area contributed by atoms with E-state index >= 15 is 4.39 Å². The first-order chi connectivity index (χ1) is 29.1. The summed E-state index contributed by atoms with van der Waals surface area (Å²) < 4.78 is 23.7. The molecule has 0 saturated carbocycles. The molecule has 5 aromatic rings. The number of piperidine rings is 3. The van der Waals surface area contributed by atoms with Crippen LogP contribution in [0.3, 0.4) is 0 Å². The Balaban J connectivity index is 0.758. The highest BCUT2D eigenvalue weighted by Gasteiger charge is 2.49. The normalized spacial score (nSPS) is 24.5. The van der Waals surface area contributed by atoms with Crippen molar-refractivity contribution in [3.8, 4) is 22.8 Å². The Morgan fingerprint density at radius 1 is 0.817 bits per heavy atom. The summed E-state index contributed by atoms with van der Waals surface area (Å²) in [5, 5.41) is 19.5. The van der Waals surface area contributed by atoms with Gasteiger partial charge in [-0.1, -0.05) is 18.2 Å². The molecule has 10 rings (SSSR count). The quantitative estimate of drug-likeness (QED) is 0.194. The van der Waals surface area contributed by atoms with Crippen LogP contribution >= 0.6 is 0 Å². The van der Waals surface area contributed by atoms with Gasteiger partial charge >= 0.3 is 0 Å². The highest BCUT2D eigenvalue weighted by Crippen LogP contribution is 2.40. The molecule has 0 spiro atoms. The molecule has 5 aliphatic rings. The average molecular weight is 815 g/mol. The highest BCUT2D eigenvalue weighted by atomic mass is 19.1. The maximum atomic E-state index is 16.4. The SMILES string of the molecule is Nc1ncnc2c1c(-c1ccc(Oc3ccccc3)cc1)nn2[C@]1(O)CCN(C2CCN(C3CN(c4ccc5c(c4)C(=O)N(C4CCC(=O)NC4=O)C5=O)C3)CC2)C[C@@H]1F. The van der Waals surface area contributed by atoms with E-state index in [0.29, 0.717) is 40.7 Å². The number of benzene rings is 3. The first-order valence-electron chi connectivity index (χ1n) is 20.3. The summed E-state index contributed by atoms with van der Waals surface area (Å²) in [7, 11) is 0. The molecule has 308 valence electrons. The Bertz CT molecular complexity index is 2520. The maximum Gasteiger partial charge on any atom is 0.262 e. The maximum absolute atomic E-state index is 16.4. The number of nitrogens with zero attached hydrogens (tertiary/aromatic N) is 8. The summed E-state index contributed by atoms with van der Waals surface area (Å²) in [5.74, 6) is -0.566. The number of imide groups is 2. The van der Waals surface area contributed by atoms with Crippen LogP contribution in [0.4, 0.5) is 15.9 Å². The van der Waals surface area contributed by atoms with Crippen LogP contribution in [0.5, 0.6) is 11.5 Å². The van der Waals surface area contributed by atoms with E-state index in [1.165, 1.54) is 11.0 Å². The van der Waals surface area contributed by atoms with E-state index < -0.39 is 41.6 Å². The van der Waals surface area contributed by atoms with Gasteiger partial charge in [-0.05, 0) is 73.9 Å². The number of halogens is 1. The molecule has 4 saturated heterocycles. The zero-order valence-corrected chi connectivity index (χ0v) is 32.6. The number of nitrogen functional groups attached to an aromatic ring is 1. The van der Waals surface area contributed by atoms with E-state index in [0.717, 1.165) is 49.6 Å². The number of fused-ring (bicyclic) bond motifs is 2. The van der Waals surface area contributed by atoms with Crippen LogP contribution < -0.4 is 20.7 Å². The van der Waals surface area contributed by atoms with Crippen LogP contribution in [0.1, 0.15) is 52.8 Å². The molecular formula is C43H43FN10O6. The summed E-state index contributed by atoms with van der Waals surface area (Å²) in [6.45, 7) is 3.72. The largest absolute Gasteiger partial charge is 0.457 e. The van der Waals surface area contributed by atoms with Crippen molar-refractivity contribution in [3.05, 3.63) is 90.3 Å². The molecule has 0 bridgehead atoms. The molecule has 5 aliphatic heterocycles. The first kappa shape index (κ1) is 37.9. The number of carbonyl (C=O) groups is 4. The molecule has 2 aromatic heterocycles. The zero-order chi connectivity index (χ0) is 41.3. The first-order valence-corrected chi connectivity index (χ1v) is 20.3. The lowest BCUT2D eigenvalue weighted by Crippen LogP contribution is -2.63. The minimum absolute atomic E-state index is 0.0433. The van der Waals surface area contributed by atoms with Gasteiger partial charge in [-0.3, -0.25) is 39.2 Å². The Labute approximate surface area is 343 Å². The number of nitrogens with two attached hydrogens (primary N) is 1. The van der Waals surface area contributed by atoms with Gasteiger partial charge in [-0.25, -0.2) is 19.0 Å². The standard InChI is InChI=1S/C43H43FN10O6/c44-34-23-51(19-16-43(34,59)54-39-36(38(45)46-24-47-39)37(49-54)25-6-9-30(10-7-25)60-29-4-2-1-3-5-29)26-14-17-50(18-15-26)28-21-52(22-28)27-8-11-31-32(20-27)42(58)53(41(31)57)33-12-13-35(55)48-40(33)56/h1-11,20,24,26,28,33-34,59H,12-19,21-23H2,(H2,45,46,47)(H,48,55,56)/t33?,34-,43-/m0/s1. The van der Waals surface area contributed by atoms with E-state index in [4.69, 9.17) is 15.6 Å². The summed E-state index contributed by atoms with van der Waals surface area (Å²) in [5.41, 5.74) is 7.16. The predicted octanol–water partition coefficient (Wildman–Crippen LogP) is 3.31. The van der Waals surface area contributed by atoms with E-state index in [9.17, 15) is 24.3 Å². The minimum atomic E-state index is -1.95. The number of para-hydroxylation sites is 1. The van der Waals surface area contributed by atoms with Crippen molar-refractivity contribution in [1.82, 2.24) is 39.8 Å². The number of alkyl halides is 1. The smallest absolute Gasteiger partial charge is 0.262 e. The summed E-state index contributed by atoms with van der Waals surface area (Å²) in [6.07, 6.45) is 1.65. The molecule has 3 aromatic carbocycles. The van der Waals surface area contributed by atoms with Crippen molar-refractivity contribution in [2.24, 2.45) is 0 Å². The molecule has 7 heterocycles. The van der Waals surface area contributed by atoms with Gasteiger partial charge < -0.3 is 20.5 Å². The van der Waals surface area contributed by atoms with Crippen LogP contribution in [-0.2, 0) is 15.3 Å². The van der Waals surface area contributed by atoms with Crippen LogP contribution in [-0.4, -0.2) is 127 Å². The molecular weight excluding hydrogens is 772 g/mol. The number of aromatic nitrogens is 4. The second-order valence-electron chi connectivity index (χ2n) is 16.3. The Hall–Kier alpha value is -6.30. The number of hydrogen-bond donors (Lipinski definition) is 3. The van der Waals surface area contributed by atoms with Gasteiger partial charge in [0.05, 0.1) is 16.5 Å². The van der Waals surface area contributed by atoms with Gasteiger partial charge in [0.2, 0.25) is 11.8 Å². The van der Waals surface area contributed by atoms with Crippen LogP contribution in [0, 0.1) is 0 Å². The van der Waals surface area contributed by atoms with Gasteiger partial charge in [0.25, 0.3) is 11.8 Å². The van der Waals surface area contributed by atoms with E-state index in [1.807, 2.05) is 60.7 Å². The number of nitrogens with one attached hydrogen (secondary N) is 1. The number of aliphatic hydroxyl groups is 1. The van der Waals surface area contributed by atoms with Crippen molar-refractivity contribution in [1.29, 1.82) is 0 Å². The molecule has 17 heteroatoms. The number of rotatable bonds is 8. The fourth-order valence-corrected chi connectivity index (χ4v) is 9.40. The third-order valence-corrected chi connectivity index (χ3v) is 12.8. The third-order valence-electron chi connectivity index (χ3n) is 12.8. The molecule has 4 amide bonds. The van der Waals surface area contributed by atoms with Crippen molar-refractivity contribution >= 4 is 46.2 Å². The fourth-order valence-electron chi connectivity index (χ4n) is 9.40. The van der Waals surface area contributed by atoms with Gasteiger partial charge in [0.1, 0.15) is 35.4 Å². The van der Waals surface area contributed by atoms with Gasteiger partial charge in [0.15, 0.2) is 17.5 Å². The summed E-state index contributed by atoms with van der Waals surface area (Å²) in [4.78, 5) is 66.9. The molecule has 4 N–H and O–H groups in total. The van der Waals surface area contributed by atoms with E-state index in [-0.39, 0.29) is 54.4 Å². The molecule has 60 heavy (non-hydrogen) atoms. The molecule has 16 nitrogen and oxygen atoms in total. The van der Waals surface area contributed by atoms with Crippen LogP contribution in [0.2, 0.25) is 0 Å². The molecule has 0 aliphatic carbocycles. The van der Waals surface area contributed by atoms with Crippen molar-refractivity contribution in [2.75, 3.05) is 49.9 Å². The molecule has 1 unspecified atom stereocenters. The molecule has 0 radical (unpaired) electrons. The van der Waals surface area contributed by atoms with Crippen LogP contribution in [0.15, 0.2) is 79.1 Å². The third kappa shape index (κ3) is 6.44. The topological polar surface area (TPSA) is 192 Å². The van der Waals surface area contributed by atoms with Gasteiger partial charge in [0, 0.05) is 75.4 Å². The average Bonchev–Trinajstić information content (AvgIpc) is 3.75. The lowest BCUT2D eigenvalue weighted by molar-refractivity contribution is -0.155. The van der Waals surface area contributed by atoms with Crippen molar-refractivity contribution in [3.63, 3.8) is 0 Å². The lowest BCUT2D eigenvalue weighted by Gasteiger charge is -2.50. The van der Waals surface area contributed by atoms with E-state index in [2.05, 4.69) is 30.0 Å². The summed E-state index contributed by atoms with van der Waals surface area (Å²) in [6, 6.07) is 21.4. The predicted molar refractivity (Wildman–Crippen MR) is 217 cm³/mol. The number of carbonyl (C=O) groups excluding carboxylic acids is 4. The Morgan fingerprint density at radius 2 is 1.55 bits per heavy atom. The zero-order valence-electron chi connectivity index (χ0n) is 32.6. The van der Waals surface area contributed by atoms with Crippen molar-refractivity contribution < 1.29 is 33.4 Å². The minimum Gasteiger partial charge on any atom is -0.457 e. The highest BCUT2D eigenvalue weighted by molar-refractivity contribution is 6.23. The second kappa shape index (κ2) is 14.8. The molecule has 4 fully saturated rings. The lowest BCUT2D eigenvalue weighted by atomic mass is 9.93. The number of amides is 4. The Kier molecular flexibility index (Phi) is 9.33.